The lowest BCUT2D eigenvalue weighted by Crippen LogP contribution is -2.49. The molecular formula is C21H26FN3O2. The van der Waals surface area contributed by atoms with E-state index in [1.54, 1.807) is 19.1 Å². The lowest BCUT2D eigenvalue weighted by molar-refractivity contribution is 0.0615. The van der Waals surface area contributed by atoms with E-state index in [0.29, 0.717) is 23.6 Å². The number of benzene rings is 1. The van der Waals surface area contributed by atoms with Crippen molar-refractivity contribution >= 4 is 11.6 Å². The number of aromatic nitrogens is 1. The van der Waals surface area contributed by atoms with Crippen molar-refractivity contribution in [2.75, 3.05) is 18.0 Å². The Morgan fingerprint density at radius 2 is 2.07 bits per heavy atom. The summed E-state index contributed by atoms with van der Waals surface area (Å²) < 4.78 is 19.0. The van der Waals surface area contributed by atoms with Crippen LogP contribution in [-0.2, 0) is 0 Å². The van der Waals surface area contributed by atoms with Crippen LogP contribution >= 0.6 is 0 Å². The molecule has 3 heterocycles. The number of hydrogen-bond donors (Lipinski definition) is 0. The number of halogens is 1. The van der Waals surface area contributed by atoms with Crippen molar-refractivity contribution in [3.8, 4) is 0 Å². The third-order valence-corrected chi connectivity index (χ3v) is 6.15. The second-order valence-electron chi connectivity index (χ2n) is 8.54. The monoisotopic (exact) mass is 371 g/mol. The number of carbonyl (C=O) groups is 1. The van der Waals surface area contributed by atoms with Gasteiger partial charge in [-0.15, -0.1) is 0 Å². The summed E-state index contributed by atoms with van der Waals surface area (Å²) >= 11 is 0. The van der Waals surface area contributed by atoms with Crippen molar-refractivity contribution in [2.24, 2.45) is 0 Å². The van der Waals surface area contributed by atoms with Crippen molar-refractivity contribution < 1.29 is 13.7 Å². The second kappa shape index (κ2) is 6.08. The van der Waals surface area contributed by atoms with E-state index in [2.05, 4.69) is 23.9 Å². The number of amides is 1. The van der Waals surface area contributed by atoms with Gasteiger partial charge in [0.15, 0.2) is 0 Å². The van der Waals surface area contributed by atoms with Crippen LogP contribution in [0.3, 0.4) is 0 Å². The van der Waals surface area contributed by atoms with Crippen LogP contribution < -0.4 is 4.90 Å². The number of nitrogens with zero attached hydrogens (tertiary/aromatic N) is 3. The molecule has 5 nitrogen and oxygen atoms in total. The molecule has 2 aliphatic heterocycles. The number of aryl methyl sites for hydroxylation is 2. The topological polar surface area (TPSA) is 49.6 Å². The van der Waals surface area contributed by atoms with Gasteiger partial charge < -0.3 is 14.3 Å². The number of rotatable bonds is 2. The van der Waals surface area contributed by atoms with E-state index >= 15 is 0 Å². The molecule has 1 atom stereocenters. The van der Waals surface area contributed by atoms with Gasteiger partial charge in [-0.25, -0.2) is 4.39 Å². The fraction of sp³-hybridized carbons (Fsp3) is 0.524. The van der Waals surface area contributed by atoms with Crippen molar-refractivity contribution in [3.05, 3.63) is 47.1 Å². The quantitative estimate of drug-likeness (QED) is 0.798. The first kappa shape index (κ1) is 18.0. The van der Waals surface area contributed by atoms with Gasteiger partial charge in [-0.05, 0) is 65.2 Å². The second-order valence-corrected chi connectivity index (χ2v) is 8.54. The summed E-state index contributed by atoms with van der Waals surface area (Å²) in [6.45, 7) is 9.37. The predicted octanol–water partition coefficient (Wildman–Crippen LogP) is 4.09. The zero-order valence-corrected chi connectivity index (χ0v) is 16.4. The van der Waals surface area contributed by atoms with Crippen LogP contribution in [0.15, 0.2) is 28.8 Å². The minimum Gasteiger partial charge on any atom is -0.364 e. The highest BCUT2D eigenvalue weighted by Crippen LogP contribution is 2.47. The smallest absolute Gasteiger partial charge is 0.259 e. The Balaban J connectivity index is 1.69. The molecule has 2 fully saturated rings. The van der Waals surface area contributed by atoms with Gasteiger partial charge in [-0.2, -0.15) is 0 Å². The van der Waals surface area contributed by atoms with Crippen molar-refractivity contribution in [1.29, 1.82) is 0 Å². The lowest BCUT2D eigenvalue weighted by Gasteiger charge is -2.35. The fourth-order valence-electron chi connectivity index (χ4n) is 5.08. The zero-order chi connectivity index (χ0) is 19.4. The van der Waals surface area contributed by atoms with Crippen LogP contribution in [0.2, 0.25) is 0 Å². The van der Waals surface area contributed by atoms with Gasteiger partial charge in [0.05, 0.1) is 11.2 Å². The largest absolute Gasteiger partial charge is 0.364 e. The molecule has 6 heteroatoms. The van der Waals surface area contributed by atoms with Crippen LogP contribution in [0.5, 0.6) is 0 Å². The summed E-state index contributed by atoms with van der Waals surface area (Å²) in [6.07, 6.45) is 2.78. The third kappa shape index (κ3) is 2.82. The summed E-state index contributed by atoms with van der Waals surface area (Å²) in [7, 11) is 0. The first-order valence-electron chi connectivity index (χ1n) is 9.52. The number of hydrogen-bond acceptors (Lipinski definition) is 4. The maximum Gasteiger partial charge on any atom is 0.259 e. The van der Waals surface area contributed by atoms with E-state index in [0.717, 1.165) is 31.5 Å². The Bertz CT molecular complexity index is 872. The summed E-state index contributed by atoms with van der Waals surface area (Å²) in [6, 6.07) is 6.73. The molecule has 0 bridgehead atoms. The van der Waals surface area contributed by atoms with Gasteiger partial charge in [0, 0.05) is 24.3 Å². The minimum absolute atomic E-state index is 0.000595. The standard InChI is InChI=1S/C21H26FN3O2/c1-14-18(15(2)27-23-14)19(26)24-10-6-9-21(24)12-20(3,4)25(13-21)17-8-5-7-16(22)11-17/h5,7-8,11H,6,9-10,12-13H2,1-4H3. The zero-order valence-electron chi connectivity index (χ0n) is 16.4. The van der Waals surface area contributed by atoms with Crippen molar-refractivity contribution in [2.45, 2.75) is 58.0 Å². The molecular weight excluding hydrogens is 345 g/mol. The van der Waals surface area contributed by atoms with Crippen LogP contribution in [0, 0.1) is 19.7 Å². The Morgan fingerprint density at radius 3 is 2.74 bits per heavy atom. The number of likely N-dealkylation sites (tertiary alicyclic amines) is 1. The molecule has 1 amide bonds. The van der Waals surface area contributed by atoms with E-state index < -0.39 is 0 Å². The van der Waals surface area contributed by atoms with Gasteiger partial charge in [-0.3, -0.25) is 4.79 Å². The molecule has 0 radical (unpaired) electrons. The molecule has 4 rings (SSSR count). The Morgan fingerprint density at radius 1 is 1.30 bits per heavy atom. The molecule has 1 unspecified atom stereocenters. The highest BCUT2D eigenvalue weighted by Gasteiger charge is 2.55. The molecule has 1 aromatic heterocycles. The highest BCUT2D eigenvalue weighted by molar-refractivity contribution is 5.97. The van der Waals surface area contributed by atoms with Crippen LogP contribution in [0.4, 0.5) is 10.1 Å². The maximum atomic E-state index is 13.8. The van der Waals surface area contributed by atoms with Gasteiger partial charge in [-0.1, -0.05) is 11.2 Å². The molecule has 2 saturated heterocycles. The highest BCUT2D eigenvalue weighted by atomic mass is 19.1. The van der Waals surface area contributed by atoms with Crippen LogP contribution in [-0.4, -0.2) is 40.1 Å². The number of anilines is 1. The Kier molecular flexibility index (Phi) is 4.05. The summed E-state index contributed by atoms with van der Waals surface area (Å²) in [5.74, 6) is 0.332. The molecule has 0 aliphatic carbocycles. The van der Waals surface area contributed by atoms with Gasteiger partial charge in [0.2, 0.25) is 0 Å². The van der Waals surface area contributed by atoms with Gasteiger partial charge in [0.25, 0.3) is 5.91 Å². The van der Waals surface area contributed by atoms with E-state index in [1.165, 1.54) is 6.07 Å². The van der Waals surface area contributed by atoms with Crippen molar-refractivity contribution in [1.82, 2.24) is 10.1 Å². The summed E-state index contributed by atoms with van der Waals surface area (Å²) in [5.41, 5.74) is 1.67. The molecule has 1 spiro atoms. The Hall–Kier alpha value is -2.37. The predicted molar refractivity (Wildman–Crippen MR) is 101 cm³/mol. The van der Waals surface area contributed by atoms with Gasteiger partial charge in [0.1, 0.15) is 17.1 Å². The average molecular weight is 371 g/mol. The maximum absolute atomic E-state index is 13.8. The molecule has 0 saturated carbocycles. The minimum atomic E-state index is -0.247. The molecule has 2 aliphatic rings. The van der Waals surface area contributed by atoms with E-state index in [9.17, 15) is 9.18 Å². The SMILES string of the molecule is Cc1noc(C)c1C(=O)N1CCCC12CN(c1cccc(F)c1)C(C)(C)C2. The summed E-state index contributed by atoms with van der Waals surface area (Å²) in [4.78, 5) is 17.6. The molecule has 2 aromatic rings. The van der Waals surface area contributed by atoms with Crippen LogP contribution in [0.1, 0.15) is 54.9 Å². The molecule has 27 heavy (non-hydrogen) atoms. The average Bonchev–Trinajstić information content (AvgIpc) is 3.23. The first-order chi connectivity index (χ1) is 12.7. The van der Waals surface area contributed by atoms with E-state index in [-0.39, 0.29) is 22.8 Å². The van der Waals surface area contributed by atoms with Crippen LogP contribution in [0.25, 0.3) is 0 Å². The third-order valence-electron chi connectivity index (χ3n) is 6.15. The molecule has 1 aromatic carbocycles. The van der Waals surface area contributed by atoms with E-state index in [1.807, 2.05) is 17.9 Å². The molecule has 0 N–H and O–H groups in total. The lowest BCUT2D eigenvalue weighted by atomic mass is 9.87. The fourth-order valence-corrected chi connectivity index (χ4v) is 5.08. The first-order valence-corrected chi connectivity index (χ1v) is 9.52. The molecule has 144 valence electrons. The van der Waals surface area contributed by atoms with Gasteiger partial charge >= 0.3 is 0 Å². The number of carbonyl (C=O) groups excluding carboxylic acids is 1. The Labute approximate surface area is 159 Å². The summed E-state index contributed by atoms with van der Waals surface area (Å²) in [5, 5.41) is 3.95. The van der Waals surface area contributed by atoms with E-state index in [4.69, 9.17) is 4.52 Å². The normalized spacial score (nSPS) is 24.2. The van der Waals surface area contributed by atoms with Crippen molar-refractivity contribution in [3.63, 3.8) is 0 Å².